The zero-order valence-corrected chi connectivity index (χ0v) is 18.0. The summed E-state index contributed by atoms with van der Waals surface area (Å²) in [5.41, 5.74) is 0.770. The van der Waals surface area contributed by atoms with E-state index in [1.165, 1.54) is 12.1 Å². The van der Waals surface area contributed by atoms with E-state index in [0.717, 1.165) is 5.56 Å². The van der Waals surface area contributed by atoms with Crippen molar-refractivity contribution in [2.24, 2.45) is 5.92 Å². The number of amides is 2. The van der Waals surface area contributed by atoms with Crippen molar-refractivity contribution < 1.29 is 18.7 Å². The molecule has 0 spiro atoms. The van der Waals surface area contributed by atoms with Gasteiger partial charge in [0.05, 0.1) is 12.5 Å². The Bertz CT molecular complexity index is 897. The number of halogens is 2. The van der Waals surface area contributed by atoms with Crippen molar-refractivity contribution in [2.75, 3.05) is 18.0 Å². The summed E-state index contributed by atoms with van der Waals surface area (Å²) in [6, 6.07) is 9.22. The number of anilines is 1. The maximum atomic E-state index is 13.4. The van der Waals surface area contributed by atoms with Crippen LogP contribution in [0.3, 0.4) is 0 Å². The summed E-state index contributed by atoms with van der Waals surface area (Å²) in [5.74, 6) is -0.887. The van der Waals surface area contributed by atoms with E-state index in [2.05, 4.69) is 4.98 Å². The van der Waals surface area contributed by atoms with Crippen molar-refractivity contribution in [1.29, 1.82) is 0 Å². The van der Waals surface area contributed by atoms with E-state index in [0.29, 0.717) is 23.8 Å². The molecule has 1 saturated heterocycles. The minimum absolute atomic E-state index is 0.136. The van der Waals surface area contributed by atoms with E-state index in [1.54, 1.807) is 61.0 Å². The van der Waals surface area contributed by atoms with Gasteiger partial charge in [-0.15, -0.1) is 0 Å². The number of hydrogen-bond donors (Lipinski definition) is 0. The van der Waals surface area contributed by atoms with Gasteiger partial charge in [-0.2, -0.15) is 0 Å². The van der Waals surface area contributed by atoms with Gasteiger partial charge in [0, 0.05) is 25.0 Å². The Morgan fingerprint density at radius 2 is 1.93 bits per heavy atom. The lowest BCUT2D eigenvalue weighted by Crippen LogP contribution is -2.39. The van der Waals surface area contributed by atoms with Gasteiger partial charge in [-0.1, -0.05) is 17.7 Å². The maximum Gasteiger partial charge on any atom is 0.410 e. The number of hydrogen-bond acceptors (Lipinski definition) is 4. The predicted octanol–water partition coefficient (Wildman–Crippen LogP) is 4.66. The van der Waals surface area contributed by atoms with Crippen LogP contribution >= 0.6 is 11.6 Å². The summed E-state index contributed by atoms with van der Waals surface area (Å²) >= 11 is 5.86. The highest BCUT2D eigenvalue weighted by molar-refractivity contribution is 6.29. The van der Waals surface area contributed by atoms with E-state index in [1.807, 2.05) is 0 Å². The number of likely N-dealkylation sites (tertiary alicyclic amines) is 1. The lowest BCUT2D eigenvalue weighted by atomic mass is 10.1. The van der Waals surface area contributed by atoms with Gasteiger partial charge in [-0.3, -0.25) is 4.79 Å². The Hall–Kier alpha value is -2.67. The summed E-state index contributed by atoms with van der Waals surface area (Å²) in [6.07, 6.45) is 1.72. The quantitative estimate of drug-likeness (QED) is 0.657. The van der Waals surface area contributed by atoms with Crippen LogP contribution in [0.15, 0.2) is 42.6 Å². The number of rotatable bonds is 4. The number of carbonyl (C=O) groups is 2. The summed E-state index contributed by atoms with van der Waals surface area (Å²) in [5, 5.41) is 0.363. The van der Waals surface area contributed by atoms with Crippen LogP contribution in [0.4, 0.5) is 14.9 Å². The number of ether oxygens (including phenoxy) is 1. The molecule has 30 heavy (non-hydrogen) atoms. The third kappa shape index (κ3) is 5.69. The molecular weight excluding hydrogens is 409 g/mol. The number of carbonyl (C=O) groups excluding carboxylic acids is 2. The average Bonchev–Trinajstić information content (AvgIpc) is 3.17. The van der Waals surface area contributed by atoms with Gasteiger partial charge in [0.25, 0.3) is 0 Å². The van der Waals surface area contributed by atoms with Crippen molar-refractivity contribution in [3.8, 4) is 0 Å². The fourth-order valence-corrected chi connectivity index (χ4v) is 3.39. The Kier molecular flexibility index (Phi) is 6.61. The van der Waals surface area contributed by atoms with Crippen LogP contribution in [-0.2, 0) is 16.1 Å². The molecule has 1 fully saturated rings. The standard InChI is InChI=1S/C22H25ClFN3O3/c1-22(2,3)30-21(29)26-11-10-16(14-26)20(28)27(18-7-5-17(24)6-8-18)13-15-4-9-19(23)25-12-15/h4-9,12,16H,10-11,13-14H2,1-3H3. The Balaban J connectivity index is 1.77. The first-order valence-electron chi connectivity index (χ1n) is 9.78. The molecule has 2 aromatic rings. The molecule has 160 valence electrons. The second-order valence-electron chi connectivity index (χ2n) is 8.30. The Morgan fingerprint density at radius 3 is 2.53 bits per heavy atom. The van der Waals surface area contributed by atoms with Gasteiger partial charge >= 0.3 is 6.09 Å². The molecular formula is C22H25ClFN3O3. The van der Waals surface area contributed by atoms with Crippen LogP contribution in [0.25, 0.3) is 0 Å². The van der Waals surface area contributed by atoms with Crippen molar-refractivity contribution in [1.82, 2.24) is 9.88 Å². The van der Waals surface area contributed by atoms with Gasteiger partial charge in [0.1, 0.15) is 16.6 Å². The molecule has 1 aromatic heterocycles. The fourth-order valence-electron chi connectivity index (χ4n) is 3.27. The van der Waals surface area contributed by atoms with Crippen LogP contribution < -0.4 is 4.90 Å². The minimum atomic E-state index is -0.596. The highest BCUT2D eigenvalue weighted by atomic mass is 35.5. The molecule has 1 unspecified atom stereocenters. The molecule has 6 nitrogen and oxygen atoms in total. The second-order valence-corrected chi connectivity index (χ2v) is 8.69. The van der Waals surface area contributed by atoms with Gasteiger partial charge in [0.2, 0.25) is 5.91 Å². The number of nitrogens with zero attached hydrogens (tertiary/aromatic N) is 3. The van der Waals surface area contributed by atoms with Crippen LogP contribution in [0, 0.1) is 11.7 Å². The minimum Gasteiger partial charge on any atom is -0.444 e. The van der Waals surface area contributed by atoms with Crippen LogP contribution in [0.2, 0.25) is 5.15 Å². The van der Waals surface area contributed by atoms with Crippen molar-refractivity contribution in [3.05, 3.63) is 59.1 Å². The molecule has 1 aliphatic heterocycles. The van der Waals surface area contributed by atoms with Crippen LogP contribution in [-0.4, -0.2) is 40.6 Å². The van der Waals surface area contributed by atoms with E-state index in [4.69, 9.17) is 16.3 Å². The molecule has 1 aromatic carbocycles. The summed E-state index contributed by atoms with van der Waals surface area (Å²) < 4.78 is 18.8. The summed E-state index contributed by atoms with van der Waals surface area (Å²) in [4.78, 5) is 32.9. The summed E-state index contributed by atoms with van der Waals surface area (Å²) in [7, 11) is 0. The molecule has 8 heteroatoms. The summed E-state index contributed by atoms with van der Waals surface area (Å²) in [6.45, 7) is 6.41. The lowest BCUT2D eigenvalue weighted by Gasteiger charge is -2.27. The van der Waals surface area contributed by atoms with E-state index >= 15 is 0 Å². The van der Waals surface area contributed by atoms with Crippen molar-refractivity contribution >= 4 is 29.3 Å². The van der Waals surface area contributed by atoms with Gasteiger partial charge in [-0.05, 0) is 63.1 Å². The molecule has 2 amide bonds. The van der Waals surface area contributed by atoms with Crippen LogP contribution in [0.1, 0.15) is 32.8 Å². The zero-order chi connectivity index (χ0) is 21.9. The molecule has 0 N–H and O–H groups in total. The fraction of sp³-hybridized carbons (Fsp3) is 0.409. The zero-order valence-electron chi connectivity index (χ0n) is 17.3. The predicted molar refractivity (Wildman–Crippen MR) is 113 cm³/mol. The largest absolute Gasteiger partial charge is 0.444 e. The highest BCUT2D eigenvalue weighted by Crippen LogP contribution is 2.26. The molecule has 0 aliphatic carbocycles. The number of benzene rings is 1. The molecule has 2 heterocycles. The van der Waals surface area contributed by atoms with Crippen LogP contribution in [0.5, 0.6) is 0 Å². The third-order valence-corrected chi connectivity index (χ3v) is 4.95. The molecule has 3 rings (SSSR count). The first-order valence-corrected chi connectivity index (χ1v) is 10.2. The molecule has 1 atom stereocenters. The Morgan fingerprint density at radius 1 is 1.23 bits per heavy atom. The molecule has 0 radical (unpaired) electrons. The maximum absolute atomic E-state index is 13.4. The Labute approximate surface area is 180 Å². The van der Waals surface area contributed by atoms with Gasteiger partial charge in [-0.25, -0.2) is 14.2 Å². The SMILES string of the molecule is CC(C)(C)OC(=O)N1CCC(C(=O)N(Cc2ccc(Cl)nc2)c2ccc(F)cc2)C1. The van der Waals surface area contributed by atoms with Crippen molar-refractivity contribution in [3.63, 3.8) is 0 Å². The topological polar surface area (TPSA) is 62.7 Å². The third-order valence-electron chi connectivity index (χ3n) is 4.72. The monoisotopic (exact) mass is 433 g/mol. The van der Waals surface area contributed by atoms with E-state index in [9.17, 15) is 14.0 Å². The van der Waals surface area contributed by atoms with E-state index in [-0.39, 0.29) is 30.7 Å². The number of pyridine rings is 1. The molecule has 0 bridgehead atoms. The average molecular weight is 434 g/mol. The molecule has 1 aliphatic rings. The first-order chi connectivity index (χ1) is 14.1. The smallest absolute Gasteiger partial charge is 0.410 e. The number of aromatic nitrogens is 1. The first kappa shape index (κ1) is 22.0. The molecule has 0 saturated carbocycles. The normalized spacial score (nSPS) is 16.4. The van der Waals surface area contributed by atoms with E-state index < -0.39 is 11.7 Å². The van der Waals surface area contributed by atoms with Gasteiger partial charge in [0.15, 0.2) is 0 Å². The second kappa shape index (κ2) is 9.00. The highest BCUT2D eigenvalue weighted by Gasteiger charge is 2.36. The van der Waals surface area contributed by atoms with Crippen molar-refractivity contribution in [2.45, 2.75) is 39.3 Å². The lowest BCUT2D eigenvalue weighted by molar-refractivity contribution is -0.122. The van der Waals surface area contributed by atoms with Gasteiger partial charge < -0.3 is 14.5 Å².